The van der Waals surface area contributed by atoms with Crippen molar-refractivity contribution in [3.63, 3.8) is 0 Å². The van der Waals surface area contributed by atoms with E-state index in [9.17, 15) is 28.8 Å². The van der Waals surface area contributed by atoms with E-state index in [1.165, 1.54) is 19.1 Å². The highest BCUT2D eigenvalue weighted by Gasteiger charge is 2.29. The van der Waals surface area contributed by atoms with Crippen LogP contribution in [0.4, 0.5) is 10.5 Å². The number of nitrogens with one attached hydrogen (secondary N) is 4. The minimum atomic E-state index is -1.27. The molecule has 1 aromatic heterocycles. The summed E-state index contributed by atoms with van der Waals surface area (Å²) < 4.78 is 15.9. The van der Waals surface area contributed by atoms with Crippen molar-refractivity contribution in [2.24, 2.45) is 16.5 Å². The number of benzene rings is 2. The maximum Gasteiger partial charge on any atom is 0.408 e. The predicted octanol–water partition coefficient (Wildman–Crippen LogP) is 2.92. The summed E-state index contributed by atoms with van der Waals surface area (Å²) in [6, 6.07) is 11.6. The van der Waals surface area contributed by atoms with E-state index in [4.69, 9.17) is 25.4 Å². The lowest BCUT2D eigenvalue weighted by Crippen LogP contribution is -2.55. The van der Waals surface area contributed by atoms with Gasteiger partial charge in [0.05, 0.1) is 0 Å². The summed E-state index contributed by atoms with van der Waals surface area (Å²) in [6.45, 7) is 8.32. The molecule has 0 radical (unpaired) electrons. The Morgan fingerprint density at radius 2 is 1.57 bits per heavy atom. The van der Waals surface area contributed by atoms with Crippen LogP contribution >= 0.6 is 12.4 Å². The predicted molar refractivity (Wildman–Crippen MR) is 201 cm³/mol. The summed E-state index contributed by atoms with van der Waals surface area (Å²) >= 11 is 0. The monoisotopic (exact) mass is 757 g/mol. The highest BCUT2D eigenvalue weighted by atomic mass is 35.5. The van der Waals surface area contributed by atoms with Crippen LogP contribution in [0.25, 0.3) is 11.0 Å². The standard InChI is InChI=1S/C36H47N7O9.ClH/c1-21-18-30(45)51-28-19-24(13-14-25(21)28)41-33(48)26(12-9-17-39-34(37)38)42-31(46)22(2)40-32(47)27(43-35(49)52-36(3,4)5)15-16-29(44)50-20-23-10-7-6-8-11-23;/h6-8,10-11,13-14,18-19,22,26-27H,9,12,15-17,20H2,1-5H3,(H,40,47)(H,41,48)(H,42,46)(H,43,49)(H4,37,38,39);1H. The number of amides is 4. The van der Waals surface area contributed by atoms with Crippen LogP contribution in [0, 0.1) is 6.92 Å². The van der Waals surface area contributed by atoms with E-state index in [1.807, 2.05) is 6.07 Å². The van der Waals surface area contributed by atoms with Crippen molar-refractivity contribution in [2.75, 3.05) is 11.9 Å². The van der Waals surface area contributed by atoms with Crippen molar-refractivity contribution in [1.29, 1.82) is 0 Å². The molecule has 2 aromatic carbocycles. The Kier molecular flexibility index (Phi) is 16.8. The molecule has 3 aromatic rings. The van der Waals surface area contributed by atoms with Crippen LogP contribution in [0.2, 0.25) is 0 Å². The summed E-state index contributed by atoms with van der Waals surface area (Å²) in [7, 11) is 0. The number of aryl methyl sites for hydroxylation is 1. The molecular weight excluding hydrogens is 710 g/mol. The molecule has 0 saturated heterocycles. The van der Waals surface area contributed by atoms with Crippen LogP contribution in [0.3, 0.4) is 0 Å². The van der Waals surface area contributed by atoms with Gasteiger partial charge in [-0.1, -0.05) is 30.3 Å². The summed E-state index contributed by atoms with van der Waals surface area (Å²) in [6.07, 6.45) is -0.857. The number of nitrogens with two attached hydrogens (primary N) is 2. The van der Waals surface area contributed by atoms with E-state index in [0.717, 1.165) is 5.56 Å². The van der Waals surface area contributed by atoms with E-state index < -0.39 is 59.1 Å². The SMILES string of the molecule is Cc1cc(=O)oc2cc(NC(=O)C(CCCN=C(N)N)NC(=O)C(C)NC(=O)C(CCC(=O)OCc3ccccc3)NC(=O)OC(C)(C)C)ccc12.Cl. The number of carbonyl (C=O) groups excluding carboxylic acids is 5. The van der Waals surface area contributed by atoms with Gasteiger partial charge in [-0.05, 0) is 77.1 Å². The van der Waals surface area contributed by atoms with Gasteiger partial charge in [0.1, 0.15) is 35.9 Å². The molecular formula is C36H48ClN7O9. The smallest absolute Gasteiger partial charge is 0.408 e. The number of esters is 1. The average Bonchev–Trinajstić information content (AvgIpc) is 3.06. The van der Waals surface area contributed by atoms with Gasteiger partial charge < -0.3 is 46.6 Å². The average molecular weight is 758 g/mol. The number of guanidine groups is 1. The van der Waals surface area contributed by atoms with E-state index in [-0.39, 0.29) is 56.4 Å². The van der Waals surface area contributed by atoms with Crippen LogP contribution < -0.4 is 38.4 Å². The topological polar surface area (TPSA) is 247 Å². The minimum absolute atomic E-state index is 0. The lowest BCUT2D eigenvalue weighted by atomic mass is 10.1. The van der Waals surface area contributed by atoms with Gasteiger partial charge in [0.15, 0.2) is 5.96 Å². The highest BCUT2D eigenvalue weighted by Crippen LogP contribution is 2.21. The summed E-state index contributed by atoms with van der Waals surface area (Å²) in [5, 5.41) is 11.0. The van der Waals surface area contributed by atoms with Gasteiger partial charge in [0.2, 0.25) is 17.7 Å². The number of hydrogen-bond acceptors (Lipinski definition) is 10. The maximum absolute atomic E-state index is 13.4. The third-order valence-electron chi connectivity index (χ3n) is 7.44. The maximum atomic E-state index is 13.4. The number of anilines is 1. The first kappa shape index (κ1) is 43.5. The number of halogens is 1. The molecule has 288 valence electrons. The minimum Gasteiger partial charge on any atom is -0.461 e. The number of ether oxygens (including phenoxy) is 2. The molecule has 3 rings (SSSR count). The second-order valence-electron chi connectivity index (χ2n) is 13.1. The summed E-state index contributed by atoms with van der Waals surface area (Å²) in [5.74, 6) is -2.81. The highest BCUT2D eigenvalue weighted by molar-refractivity contribution is 6.00. The third-order valence-corrected chi connectivity index (χ3v) is 7.44. The van der Waals surface area contributed by atoms with Gasteiger partial charge >= 0.3 is 17.7 Å². The summed E-state index contributed by atoms with van der Waals surface area (Å²) in [4.78, 5) is 81.1. The lowest BCUT2D eigenvalue weighted by Gasteiger charge is -2.25. The van der Waals surface area contributed by atoms with Crippen molar-refractivity contribution >= 4 is 64.8 Å². The Hall–Kier alpha value is -5.64. The first-order chi connectivity index (χ1) is 24.5. The molecule has 8 N–H and O–H groups in total. The van der Waals surface area contributed by atoms with Crippen LogP contribution in [0.1, 0.15) is 64.5 Å². The largest absolute Gasteiger partial charge is 0.461 e. The Morgan fingerprint density at radius 1 is 0.887 bits per heavy atom. The normalized spacial score (nSPS) is 12.5. The third kappa shape index (κ3) is 15.2. The van der Waals surface area contributed by atoms with Crippen LogP contribution in [-0.2, 0) is 35.3 Å². The van der Waals surface area contributed by atoms with Crippen LogP contribution in [0.5, 0.6) is 0 Å². The van der Waals surface area contributed by atoms with Gasteiger partial charge in [-0.3, -0.25) is 24.2 Å². The Bertz CT molecular complexity index is 1820. The molecule has 0 bridgehead atoms. The molecule has 4 amide bonds. The van der Waals surface area contributed by atoms with Crippen molar-refractivity contribution in [1.82, 2.24) is 16.0 Å². The van der Waals surface area contributed by atoms with Crippen LogP contribution in [-0.4, -0.2) is 66.0 Å². The second kappa shape index (κ2) is 20.4. The lowest BCUT2D eigenvalue weighted by molar-refractivity contribution is -0.145. The second-order valence-corrected chi connectivity index (χ2v) is 13.1. The molecule has 0 aliphatic rings. The zero-order valence-corrected chi connectivity index (χ0v) is 31.2. The first-order valence-corrected chi connectivity index (χ1v) is 16.7. The van der Waals surface area contributed by atoms with Crippen LogP contribution in [0.15, 0.2) is 68.8 Å². The Balaban J connectivity index is 0.00000972. The number of rotatable bonds is 16. The molecule has 1 heterocycles. The van der Waals surface area contributed by atoms with Crippen molar-refractivity contribution in [3.05, 3.63) is 76.1 Å². The van der Waals surface area contributed by atoms with Crippen molar-refractivity contribution < 1.29 is 37.9 Å². The zero-order valence-electron chi connectivity index (χ0n) is 30.4. The first-order valence-electron chi connectivity index (χ1n) is 16.7. The molecule has 16 nitrogen and oxygen atoms in total. The summed E-state index contributed by atoms with van der Waals surface area (Å²) in [5.41, 5.74) is 11.5. The fourth-order valence-electron chi connectivity index (χ4n) is 4.87. The van der Waals surface area contributed by atoms with Gasteiger partial charge in [0.25, 0.3) is 0 Å². The quantitative estimate of drug-likeness (QED) is 0.0408. The number of hydrogen-bond donors (Lipinski definition) is 6. The van der Waals surface area contributed by atoms with E-state index in [2.05, 4.69) is 26.3 Å². The molecule has 3 unspecified atom stereocenters. The molecule has 53 heavy (non-hydrogen) atoms. The molecule has 0 fully saturated rings. The van der Waals surface area contributed by atoms with E-state index in [1.54, 1.807) is 64.1 Å². The fraction of sp³-hybridized carbons (Fsp3) is 0.417. The number of aliphatic imine (C=N–C) groups is 1. The molecule has 0 aliphatic carbocycles. The molecule has 0 spiro atoms. The van der Waals surface area contributed by atoms with E-state index >= 15 is 0 Å². The Morgan fingerprint density at radius 3 is 2.23 bits per heavy atom. The van der Waals surface area contributed by atoms with Gasteiger partial charge in [0, 0.05) is 36.2 Å². The number of alkyl carbamates (subject to hydrolysis) is 1. The fourth-order valence-corrected chi connectivity index (χ4v) is 4.87. The molecule has 17 heteroatoms. The number of nitrogens with zero attached hydrogens (tertiary/aromatic N) is 1. The molecule has 3 atom stereocenters. The Labute approximate surface area is 313 Å². The van der Waals surface area contributed by atoms with Gasteiger partial charge in [-0.15, -0.1) is 12.4 Å². The van der Waals surface area contributed by atoms with Gasteiger partial charge in [-0.25, -0.2) is 9.59 Å². The number of carbonyl (C=O) groups is 5. The zero-order chi connectivity index (χ0) is 38.4. The van der Waals surface area contributed by atoms with E-state index in [0.29, 0.717) is 23.1 Å². The van der Waals surface area contributed by atoms with Crippen molar-refractivity contribution in [3.8, 4) is 0 Å². The molecule has 0 saturated carbocycles. The van der Waals surface area contributed by atoms with Gasteiger partial charge in [-0.2, -0.15) is 0 Å². The van der Waals surface area contributed by atoms with Crippen molar-refractivity contribution in [2.45, 2.75) is 90.6 Å². The molecule has 0 aliphatic heterocycles. The number of fused-ring (bicyclic) bond motifs is 1.